The lowest BCUT2D eigenvalue weighted by Crippen LogP contribution is -2.25. The van der Waals surface area contributed by atoms with Gasteiger partial charge in [-0.05, 0) is 13.0 Å². The van der Waals surface area contributed by atoms with E-state index in [0.717, 1.165) is 9.42 Å². The van der Waals surface area contributed by atoms with E-state index in [0.29, 0.717) is 0 Å². The molecule has 86 valence electrons. The van der Waals surface area contributed by atoms with Crippen molar-refractivity contribution in [1.82, 2.24) is 5.01 Å². The van der Waals surface area contributed by atoms with Crippen LogP contribution < -0.4 is 0 Å². The number of carbonyl (C=O) groups is 1. The van der Waals surface area contributed by atoms with Gasteiger partial charge in [0.2, 0.25) is 0 Å². The predicted octanol–water partition coefficient (Wildman–Crippen LogP) is 2.99. The number of rotatable bonds is 4. The maximum absolute atomic E-state index is 11.9. The van der Waals surface area contributed by atoms with Crippen LogP contribution in [0.1, 0.15) is 6.92 Å². The van der Waals surface area contributed by atoms with Gasteiger partial charge in [0.15, 0.2) is 0 Å². The SMILES string of the molecule is C=C/C=C\C(=C/C)N1N=C(I=C)C(I)C1=O. The molecule has 3 nitrogen and oxygen atoms in total. The number of hydrogen-bond acceptors (Lipinski definition) is 2. The average molecular weight is 442 g/mol. The van der Waals surface area contributed by atoms with Crippen LogP contribution in [0.25, 0.3) is 0 Å². The van der Waals surface area contributed by atoms with E-state index in [1.807, 2.05) is 19.1 Å². The molecule has 0 spiro atoms. The molecule has 0 radical (unpaired) electrons. The molecule has 0 N–H and O–H groups in total. The van der Waals surface area contributed by atoms with Gasteiger partial charge >= 0.3 is 0 Å². The van der Waals surface area contributed by atoms with Gasteiger partial charge in [0.05, 0.1) is 5.70 Å². The summed E-state index contributed by atoms with van der Waals surface area (Å²) in [6.07, 6.45) is 7.14. The first-order valence-corrected chi connectivity index (χ1v) is 8.41. The van der Waals surface area contributed by atoms with Crippen LogP contribution in [0.4, 0.5) is 0 Å². The first-order chi connectivity index (χ1) is 7.65. The van der Waals surface area contributed by atoms with Gasteiger partial charge in [0.25, 0.3) is 5.91 Å². The molecule has 1 amide bonds. The molecule has 1 unspecified atom stereocenters. The molecule has 0 aromatic rings. The normalized spacial score (nSPS) is 21.8. The van der Waals surface area contributed by atoms with Crippen LogP contribution in [0.15, 0.2) is 41.7 Å². The zero-order chi connectivity index (χ0) is 12.1. The first kappa shape index (κ1) is 13.8. The molecule has 1 rings (SSSR count). The highest BCUT2D eigenvalue weighted by Gasteiger charge is 2.33. The fourth-order valence-corrected chi connectivity index (χ4v) is 3.67. The Morgan fingerprint density at radius 3 is 2.81 bits per heavy atom. The van der Waals surface area contributed by atoms with E-state index in [-0.39, 0.29) is 30.6 Å². The van der Waals surface area contributed by atoms with Gasteiger partial charge in [-0.2, -0.15) is 10.1 Å². The fraction of sp³-hybridized carbons (Fsp3) is 0.182. The van der Waals surface area contributed by atoms with Crippen LogP contribution >= 0.6 is 43.3 Å². The van der Waals surface area contributed by atoms with Gasteiger partial charge in [-0.25, -0.2) is 0 Å². The van der Waals surface area contributed by atoms with Crippen molar-refractivity contribution in [3.05, 3.63) is 36.6 Å². The maximum Gasteiger partial charge on any atom is 0.267 e. The molecule has 0 bridgehead atoms. The van der Waals surface area contributed by atoms with E-state index < -0.39 is 0 Å². The molecular weight excluding hydrogens is 430 g/mol. The molecular formula is C11H12I2N2O. The van der Waals surface area contributed by atoms with Gasteiger partial charge in [0.1, 0.15) is 7.64 Å². The van der Waals surface area contributed by atoms with Gasteiger partial charge in [-0.15, -0.1) is 0 Å². The third-order valence-electron chi connectivity index (χ3n) is 1.91. The standard InChI is InChI=1S/C11H12I2N2O/c1-4-6-7-8(5-2)15-11(16)9(12)10(13-3)14-15/h4-7,9H,1,3H2,2H3/b7-6-,8-5+. The van der Waals surface area contributed by atoms with Crippen LogP contribution in [0.2, 0.25) is 0 Å². The van der Waals surface area contributed by atoms with Crippen molar-refractivity contribution in [2.45, 2.75) is 10.8 Å². The molecule has 0 saturated heterocycles. The lowest BCUT2D eigenvalue weighted by molar-refractivity contribution is -0.125. The lowest BCUT2D eigenvalue weighted by Gasteiger charge is -2.12. The van der Waals surface area contributed by atoms with E-state index in [1.165, 1.54) is 5.01 Å². The molecule has 0 aromatic heterocycles. The van der Waals surface area contributed by atoms with Crippen LogP contribution in [-0.4, -0.2) is 23.1 Å². The Hall–Kier alpha value is -0.310. The first-order valence-electron chi connectivity index (χ1n) is 4.56. The van der Waals surface area contributed by atoms with E-state index >= 15 is 0 Å². The molecule has 0 aliphatic carbocycles. The highest BCUT2D eigenvalue weighted by Crippen LogP contribution is 2.26. The maximum atomic E-state index is 11.9. The molecule has 1 atom stereocenters. The van der Waals surface area contributed by atoms with Gasteiger partial charge < -0.3 is 0 Å². The van der Waals surface area contributed by atoms with Crippen molar-refractivity contribution in [2.75, 3.05) is 0 Å². The number of allylic oxidation sites excluding steroid dienone is 4. The third kappa shape index (κ3) is 2.88. The number of halogens is 2. The van der Waals surface area contributed by atoms with E-state index in [2.05, 4.69) is 38.8 Å². The second kappa shape index (κ2) is 6.43. The van der Waals surface area contributed by atoms with E-state index in [4.69, 9.17) is 0 Å². The van der Waals surface area contributed by atoms with Crippen LogP contribution in [0.5, 0.6) is 0 Å². The van der Waals surface area contributed by atoms with Crippen molar-refractivity contribution in [2.24, 2.45) is 5.10 Å². The minimum atomic E-state index is -0.377. The number of amides is 1. The molecule has 0 aromatic carbocycles. The average Bonchev–Trinajstić information content (AvgIpc) is 2.58. The summed E-state index contributed by atoms with van der Waals surface area (Å²) < 4.78 is 4.66. The molecule has 1 heterocycles. The zero-order valence-corrected chi connectivity index (χ0v) is 13.2. The van der Waals surface area contributed by atoms with Crippen LogP contribution in [0, 0.1) is 0 Å². The molecule has 1 aliphatic rings. The summed E-state index contributed by atoms with van der Waals surface area (Å²) in [5.41, 5.74) is 0.777. The lowest BCUT2D eigenvalue weighted by atomic mass is 10.3. The Balaban J connectivity index is 3.01. The number of carbonyl (C=O) groups excluding carboxylic acids is 1. The summed E-state index contributed by atoms with van der Waals surface area (Å²) in [4.78, 5) is 11.9. The van der Waals surface area contributed by atoms with Crippen molar-refractivity contribution in [3.8, 4) is 0 Å². The predicted molar refractivity (Wildman–Crippen MR) is 86.3 cm³/mol. The van der Waals surface area contributed by atoms with Crippen LogP contribution in [-0.2, 0) is 4.79 Å². The number of hydrazone groups is 1. The Labute approximate surface area is 119 Å². The number of hydrogen-bond donors (Lipinski definition) is 0. The van der Waals surface area contributed by atoms with Gasteiger partial charge in [-0.1, -0.05) is 72.6 Å². The summed E-state index contributed by atoms with van der Waals surface area (Å²) in [5.74, 6) is 0.0146. The summed E-state index contributed by atoms with van der Waals surface area (Å²) >= 11 is 1.74. The third-order valence-corrected chi connectivity index (χ3v) is 5.85. The molecule has 5 heteroatoms. The summed E-state index contributed by atoms with van der Waals surface area (Å²) in [6.45, 7) is 5.48. The molecule has 0 fully saturated rings. The summed E-state index contributed by atoms with van der Waals surface area (Å²) in [7, 11) is 0. The van der Waals surface area contributed by atoms with Gasteiger partial charge in [-0.3, -0.25) is 4.79 Å². The Morgan fingerprint density at radius 2 is 2.38 bits per heavy atom. The highest BCUT2D eigenvalue weighted by molar-refractivity contribution is 14.2. The van der Waals surface area contributed by atoms with Crippen LogP contribution in [0.3, 0.4) is 0 Å². The Bertz CT molecular complexity index is 410. The largest absolute Gasteiger partial charge is 0.271 e. The second-order valence-corrected chi connectivity index (χ2v) is 5.99. The van der Waals surface area contributed by atoms with E-state index in [1.54, 1.807) is 12.2 Å². The topological polar surface area (TPSA) is 32.7 Å². The summed E-state index contributed by atoms with van der Waals surface area (Å²) in [5, 5.41) is 5.77. The van der Waals surface area contributed by atoms with E-state index in [9.17, 15) is 4.79 Å². The monoisotopic (exact) mass is 442 g/mol. The minimum absolute atomic E-state index is 0.0146. The highest BCUT2D eigenvalue weighted by atomic mass is 127. The second-order valence-electron chi connectivity index (χ2n) is 2.88. The van der Waals surface area contributed by atoms with Gasteiger partial charge in [0, 0.05) is 0 Å². The Morgan fingerprint density at radius 1 is 1.69 bits per heavy atom. The molecule has 1 aliphatic heterocycles. The van der Waals surface area contributed by atoms with Crippen molar-refractivity contribution in [3.63, 3.8) is 0 Å². The fourth-order valence-electron chi connectivity index (χ4n) is 1.14. The Kier molecular flexibility index (Phi) is 5.53. The molecule has 0 saturated carbocycles. The quantitative estimate of drug-likeness (QED) is 0.375. The number of alkyl halides is 1. The van der Waals surface area contributed by atoms with Crippen molar-refractivity contribution in [1.29, 1.82) is 0 Å². The summed E-state index contributed by atoms with van der Waals surface area (Å²) in [6, 6.07) is 0. The zero-order valence-electron chi connectivity index (χ0n) is 8.86. The minimum Gasteiger partial charge on any atom is -0.271 e. The number of nitrogens with zero attached hydrogens (tertiary/aromatic N) is 2. The smallest absolute Gasteiger partial charge is 0.267 e. The van der Waals surface area contributed by atoms with Crippen molar-refractivity contribution < 1.29 is 4.79 Å². The van der Waals surface area contributed by atoms with Crippen molar-refractivity contribution >= 4 is 57.5 Å². The molecule has 16 heavy (non-hydrogen) atoms.